The lowest BCUT2D eigenvalue weighted by molar-refractivity contribution is 0.710. The quantitative estimate of drug-likeness (QED) is 0.662. The van der Waals surface area contributed by atoms with Gasteiger partial charge in [0.2, 0.25) is 0 Å². The monoisotopic (exact) mass is 181 g/mol. The Balaban J connectivity index is 0. The lowest BCUT2D eigenvalue weighted by atomic mass is 10.0. The van der Waals surface area contributed by atoms with E-state index in [2.05, 4.69) is 33.9 Å². The molecule has 0 aromatic heterocycles. The van der Waals surface area contributed by atoms with Crippen molar-refractivity contribution >= 4 is 0 Å². The average Bonchev–Trinajstić information content (AvgIpc) is 2.14. The van der Waals surface area contributed by atoms with Gasteiger partial charge in [-0.2, -0.15) is 0 Å². The number of hydrogen-bond acceptors (Lipinski definition) is 1. The summed E-state index contributed by atoms with van der Waals surface area (Å²) in [5.74, 6) is 0.385. The Morgan fingerprint density at radius 2 is 1.85 bits per heavy atom. The van der Waals surface area contributed by atoms with E-state index in [0.717, 1.165) is 5.57 Å². The van der Waals surface area contributed by atoms with Gasteiger partial charge in [-0.05, 0) is 18.0 Å². The molecule has 0 aliphatic carbocycles. The Morgan fingerprint density at radius 3 is 2.08 bits per heavy atom. The SMILES string of the molecule is C=C/C=C(\C=C)C(C)CN.CCC. The number of rotatable bonds is 4. The molecular formula is C12H23N. The molecule has 0 fully saturated rings. The predicted octanol–water partition coefficient (Wildman–Crippen LogP) is 3.30. The summed E-state index contributed by atoms with van der Waals surface area (Å²) in [5.41, 5.74) is 6.61. The van der Waals surface area contributed by atoms with Crippen LogP contribution in [-0.4, -0.2) is 6.54 Å². The summed E-state index contributed by atoms with van der Waals surface area (Å²) in [6.07, 6.45) is 6.76. The van der Waals surface area contributed by atoms with E-state index >= 15 is 0 Å². The van der Waals surface area contributed by atoms with Crippen LogP contribution in [-0.2, 0) is 0 Å². The van der Waals surface area contributed by atoms with Crippen molar-refractivity contribution in [2.24, 2.45) is 11.7 Å². The molecule has 1 unspecified atom stereocenters. The fourth-order valence-corrected chi connectivity index (χ4v) is 0.706. The first kappa shape index (κ1) is 14.7. The van der Waals surface area contributed by atoms with Gasteiger partial charge in [0.1, 0.15) is 0 Å². The maximum atomic E-state index is 5.46. The lowest BCUT2D eigenvalue weighted by Crippen LogP contribution is -2.11. The van der Waals surface area contributed by atoms with E-state index in [9.17, 15) is 0 Å². The number of allylic oxidation sites excluding steroid dienone is 3. The Bertz CT molecular complexity index is 157. The molecule has 76 valence electrons. The van der Waals surface area contributed by atoms with E-state index in [4.69, 9.17) is 5.73 Å². The summed E-state index contributed by atoms with van der Waals surface area (Å²) in [4.78, 5) is 0. The minimum absolute atomic E-state index is 0.385. The number of nitrogens with two attached hydrogens (primary N) is 1. The van der Waals surface area contributed by atoms with Gasteiger partial charge in [-0.1, -0.05) is 58.6 Å². The van der Waals surface area contributed by atoms with Crippen molar-refractivity contribution in [3.05, 3.63) is 37.0 Å². The maximum Gasteiger partial charge on any atom is -0.00109 e. The lowest BCUT2D eigenvalue weighted by Gasteiger charge is -2.07. The summed E-state index contributed by atoms with van der Waals surface area (Å²) in [7, 11) is 0. The van der Waals surface area contributed by atoms with E-state index in [1.54, 1.807) is 6.08 Å². The van der Waals surface area contributed by atoms with Gasteiger partial charge < -0.3 is 5.73 Å². The third-order valence-corrected chi connectivity index (χ3v) is 1.47. The molecule has 1 atom stereocenters. The van der Waals surface area contributed by atoms with Crippen LogP contribution in [0.2, 0.25) is 0 Å². The zero-order chi connectivity index (χ0) is 10.7. The molecule has 0 saturated heterocycles. The van der Waals surface area contributed by atoms with Gasteiger partial charge in [0.25, 0.3) is 0 Å². The number of hydrogen-bond donors (Lipinski definition) is 1. The summed E-state index contributed by atoms with van der Waals surface area (Å²) < 4.78 is 0. The molecule has 13 heavy (non-hydrogen) atoms. The van der Waals surface area contributed by atoms with Gasteiger partial charge >= 0.3 is 0 Å². The van der Waals surface area contributed by atoms with E-state index in [1.165, 1.54) is 6.42 Å². The molecule has 0 amide bonds. The van der Waals surface area contributed by atoms with Crippen LogP contribution in [0.15, 0.2) is 37.0 Å². The van der Waals surface area contributed by atoms with Crippen molar-refractivity contribution in [2.45, 2.75) is 27.2 Å². The molecule has 0 radical (unpaired) electrons. The summed E-state index contributed by atoms with van der Waals surface area (Å²) in [6, 6.07) is 0. The van der Waals surface area contributed by atoms with Crippen molar-refractivity contribution in [2.75, 3.05) is 6.54 Å². The van der Waals surface area contributed by atoms with Crippen LogP contribution in [0.25, 0.3) is 0 Å². The first-order valence-corrected chi connectivity index (χ1v) is 4.82. The Morgan fingerprint density at radius 1 is 1.38 bits per heavy atom. The van der Waals surface area contributed by atoms with Crippen molar-refractivity contribution in [1.29, 1.82) is 0 Å². The Hall–Kier alpha value is -0.820. The highest BCUT2D eigenvalue weighted by molar-refractivity contribution is 5.23. The Kier molecular flexibility index (Phi) is 12.6. The molecule has 1 nitrogen and oxygen atoms in total. The summed E-state index contributed by atoms with van der Waals surface area (Å²) in [5, 5.41) is 0. The predicted molar refractivity (Wildman–Crippen MR) is 62.7 cm³/mol. The van der Waals surface area contributed by atoms with Crippen LogP contribution >= 0.6 is 0 Å². The van der Waals surface area contributed by atoms with Crippen molar-refractivity contribution < 1.29 is 0 Å². The van der Waals surface area contributed by atoms with Gasteiger partial charge in [-0.15, -0.1) is 0 Å². The van der Waals surface area contributed by atoms with Crippen LogP contribution in [0.5, 0.6) is 0 Å². The maximum absolute atomic E-state index is 5.46. The van der Waals surface area contributed by atoms with E-state index in [-0.39, 0.29) is 0 Å². The molecule has 2 N–H and O–H groups in total. The molecule has 1 heteroatoms. The Labute approximate surface area is 83.0 Å². The molecule has 0 spiro atoms. The standard InChI is InChI=1S/C9H15N.C3H8/c1-4-6-9(5-2)8(3)7-10;1-3-2/h4-6,8H,1-2,7,10H2,3H3;3H2,1-2H3/b9-6+;. The topological polar surface area (TPSA) is 26.0 Å². The first-order valence-electron chi connectivity index (χ1n) is 4.82. The van der Waals surface area contributed by atoms with Gasteiger partial charge in [0.05, 0.1) is 0 Å². The van der Waals surface area contributed by atoms with Crippen LogP contribution < -0.4 is 5.73 Å². The zero-order valence-electron chi connectivity index (χ0n) is 9.22. The van der Waals surface area contributed by atoms with Crippen molar-refractivity contribution in [1.82, 2.24) is 0 Å². The minimum Gasteiger partial charge on any atom is -0.330 e. The van der Waals surface area contributed by atoms with E-state index < -0.39 is 0 Å². The molecule has 0 aliphatic heterocycles. The zero-order valence-corrected chi connectivity index (χ0v) is 9.22. The van der Waals surface area contributed by atoms with Gasteiger partial charge in [-0.25, -0.2) is 0 Å². The highest BCUT2D eigenvalue weighted by Crippen LogP contribution is 2.09. The minimum atomic E-state index is 0.385. The fourth-order valence-electron chi connectivity index (χ4n) is 0.706. The third kappa shape index (κ3) is 9.09. The fraction of sp³-hybridized carbons (Fsp3) is 0.500. The van der Waals surface area contributed by atoms with E-state index in [0.29, 0.717) is 12.5 Å². The second-order valence-corrected chi connectivity index (χ2v) is 2.95. The van der Waals surface area contributed by atoms with Crippen LogP contribution in [0.3, 0.4) is 0 Å². The second kappa shape index (κ2) is 11.2. The molecule has 0 aliphatic rings. The molecule has 0 heterocycles. The summed E-state index contributed by atoms with van der Waals surface area (Å²) >= 11 is 0. The molecule has 0 bridgehead atoms. The smallest absolute Gasteiger partial charge is 0.00109 e. The molecule has 0 aromatic carbocycles. The van der Waals surface area contributed by atoms with Gasteiger partial charge in [0, 0.05) is 0 Å². The van der Waals surface area contributed by atoms with Crippen LogP contribution in [0.1, 0.15) is 27.2 Å². The third-order valence-electron chi connectivity index (χ3n) is 1.47. The first-order chi connectivity index (χ1) is 6.17. The molecule has 0 rings (SSSR count). The van der Waals surface area contributed by atoms with Crippen LogP contribution in [0.4, 0.5) is 0 Å². The van der Waals surface area contributed by atoms with Crippen LogP contribution in [0, 0.1) is 5.92 Å². The van der Waals surface area contributed by atoms with Crippen molar-refractivity contribution in [3.8, 4) is 0 Å². The largest absolute Gasteiger partial charge is 0.330 e. The molecular weight excluding hydrogens is 158 g/mol. The highest BCUT2D eigenvalue weighted by atomic mass is 14.5. The van der Waals surface area contributed by atoms with E-state index in [1.807, 2.05) is 12.2 Å². The molecule has 0 aromatic rings. The second-order valence-electron chi connectivity index (χ2n) is 2.95. The molecule has 0 saturated carbocycles. The van der Waals surface area contributed by atoms with Gasteiger partial charge in [0.15, 0.2) is 0 Å². The van der Waals surface area contributed by atoms with Crippen molar-refractivity contribution in [3.63, 3.8) is 0 Å². The summed E-state index contributed by atoms with van der Waals surface area (Å²) in [6.45, 7) is 14.3. The highest BCUT2D eigenvalue weighted by Gasteiger charge is 1.99. The van der Waals surface area contributed by atoms with Gasteiger partial charge in [-0.3, -0.25) is 0 Å². The average molecular weight is 181 g/mol. The normalized spacial score (nSPS) is 12.5.